The summed E-state index contributed by atoms with van der Waals surface area (Å²) < 4.78 is 1.84. The monoisotopic (exact) mass is 195 g/mol. The van der Waals surface area contributed by atoms with Gasteiger partial charge in [-0.3, -0.25) is 4.68 Å². The molecule has 0 amide bonds. The molecule has 80 valence electrons. The molecular weight excluding hydrogens is 174 g/mol. The molecule has 0 aliphatic heterocycles. The zero-order valence-electron chi connectivity index (χ0n) is 9.29. The maximum absolute atomic E-state index is 4.12. The fourth-order valence-corrected chi connectivity index (χ4v) is 1.47. The van der Waals surface area contributed by atoms with Crippen molar-refractivity contribution in [2.75, 3.05) is 6.54 Å². The third-order valence-corrected chi connectivity index (χ3v) is 2.29. The molecule has 3 heteroatoms. The van der Waals surface area contributed by atoms with Gasteiger partial charge in [0.15, 0.2) is 0 Å². The second-order valence-corrected chi connectivity index (χ2v) is 3.76. The lowest BCUT2D eigenvalue weighted by Crippen LogP contribution is -2.14. The van der Waals surface area contributed by atoms with Gasteiger partial charge in [-0.2, -0.15) is 5.10 Å². The Morgan fingerprint density at radius 2 is 2.21 bits per heavy atom. The van der Waals surface area contributed by atoms with Gasteiger partial charge >= 0.3 is 0 Å². The Balaban J connectivity index is 1.99. The van der Waals surface area contributed by atoms with E-state index in [1.165, 1.54) is 31.2 Å². The minimum absolute atomic E-state index is 0.944. The van der Waals surface area contributed by atoms with E-state index >= 15 is 0 Å². The Hall–Kier alpha value is -0.830. The standard InChI is InChI=1S/C11H21N3/c1-3-4-5-6-7-12-8-11-9-13-14(2)10-11/h9-10,12H,3-8H2,1-2H3. The van der Waals surface area contributed by atoms with Crippen molar-refractivity contribution in [3.63, 3.8) is 0 Å². The van der Waals surface area contributed by atoms with Crippen molar-refractivity contribution >= 4 is 0 Å². The van der Waals surface area contributed by atoms with E-state index in [1.807, 2.05) is 17.9 Å². The summed E-state index contributed by atoms with van der Waals surface area (Å²) in [5.74, 6) is 0. The van der Waals surface area contributed by atoms with E-state index in [9.17, 15) is 0 Å². The third-order valence-electron chi connectivity index (χ3n) is 2.29. The predicted octanol–water partition coefficient (Wildman–Crippen LogP) is 2.09. The van der Waals surface area contributed by atoms with Crippen LogP contribution in [0.25, 0.3) is 0 Å². The number of aromatic nitrogens is 2. The van der Waals surface area contributed by atoms with Crippen LogP contribution in [0, 0.1) is 0 Å². The van der Waals surface area contributed by atoms with Crippen LogP contribution in [-0.4, -0.2) is 16.3 Å². The van der Waals surface area contributed by atoms with Gasteiger partial charge in [0.2, 0.25) is 0 Å². The Bertz CT molecular complexity index is 242. The van der Waals surface area contributed by atoms with Crippen molar-refractivity contribution in [3.8, 4) is 0 Å². The Morgan fingerprint density at radius 3 is 2.86 bits per heavy atom. The summed E-state index contributed by atoms with van der Waals surface area (Å²) in [6, 6.07) is 0. The number of unbranched alkanes of at least 4 members (excludes halogenated alkanes) is 3. The summed E-state index contributed by atoms with van der Waals surface area (Å²) in [4.78, 5) is 0. The van der Waals surface area contributed by atoms with Gasteiger partial charge in [-0.05, 0) is 13.0 Å². The predicted molar refractivity (Wildman–Crippen MR) is 59.1 cm³/mol. The lowest BCUT2D eigenvalue weighted by atomic mass is 10.2. The zero-order chi connectivity index (χ0) is 10.2. The van der Waals surface area contributed by atoms with Crippen molar-refractivity contribution in [1.82, 2.24) is 15.1 Å². The van der Waals surface area contributed by atoms with Gasteiger partial charge in [-0.15, -0.1) is 0 Å². The Morgan fingerprint density at radius 1 is 1.36 bits per heavy atom. The van der Waals surface area contributed by atoms with Gasteiger partial charge in [-0.25, -0.2) is 0 Å². The molecule has 0 aromatic carbocycles. The van der Waals surface area contributed by atoms with Crippen LogP contribution in [0.3, 0.4) is 0 Å². The SMILES string of the molecule is CCCCCCNCc1cnn(C)c1. The van der Waals surface area contributed by atoms with Crippen LogP contribution in [-0.2, 0) is 13.6 Å². The van der Waals surface area contributed by atoms with Crippen molar-refractivity contribution in [3.05, 3.63) is 18.0 Å². The second kappa shape index (κ2) is 6.60. The lowest BCUT2D eigenvalue weighted by Gasteiger charge is -2.01. The molecule has 0 atom stereocenters. The van der Waals surface area contributed by atoms with E-state index in [1.54, 1.807) is 0 Å². The summed E-state index contributed by atoms with van der Waals surface area (Å²) in [5, 5.41) is 7.54. The highest BCUT2D eigenvalue weighted by Gasteiger charge is 1.94. The number of hydrogen-bond donors (Lipinski definition) is 1. The fourth-order valence-electron chi connectivity index (χ4n) is 1.47. The molecule has 3 nitrogen and oxygen atoms in total. The van der Waals surface area contributed by atoms with E-state index in [0.29, 0.717) is 0 Å². The minimum atomic E-state index is 0.944. The minimum Gasteiger partial charge on any atom is -0.313 e. The molecule has 0 saturated heterocycles. The maximum atomic E-state index is 4.12. The summed E-state index contributed by atoms with van der Waals surface area (Å²) in [6.07, 6.45) is 9.26. The maximum Gasteiger partial charge on any atom is 0.0534 e. The smallest absolute Gasteiger partial charge is 0.0534 e. The van der Waals surface area contributed by atoms with Crippen molar-refractivity contribution in [2.24, 2.45) is 7.05 Å². The lowest BCUT2D eigenvalue weighted by molar-refractivity contribution is 0.598. The molecule has 0 fully saturated rings. The first-order valence-electron chi connectivity index (χ1n) is 5.51. The van der Waals surface area contributed by atoms with Crippen molar-refractivity contribution < 1.29 is 0 Å². The van der Waals surface area contributed by atoms with Crippen LogP contribution in [0.1, 0.15) is 38.2 Å². The van der Waals surface area contributed by atoms with Crippen LogP contribution in [0.4, 0.5) is 0 Å². The average molecular weight is 195 g/mol. The molecule has 1 rings (SSSR count). The van der Waals surface area contributed by atoms with E-state index in [2.05, 4.69) is 23.5 Å². The molecule has 1 heterocycles. The van der Waals surface area contributed by atoms with Gasteiger partial charge in [0.1, 0.15) is 0 Å². The molecule has 1 aromatic rings. The first-order chi connectivity index (χ1) is 6.83. The highest BCUT2D eigenvalue weighted by molar-refractivity contribution is 5.02. The van der Waals surface area contributed by atoms with Gasteiger partial charge in [0.05, 0.1) is 6.20 Å². The molecule has 0 bridgehead atoms. The summed E-state index contributed by atoms with van der Waals surface area (Å²) in [6.45, 7) is 4.30. The fraction of sp³-hybridized carbons (Fsp3) is 0.727. The van der Waals surface area contributed by atoms with E-state index in [-0.39, 0.29) is 0 Å². The normalized spacial score (nSPS) is 10.7. The molecule has 0 aliphatic carbocycles. The van der Waals surface area contributed by atoms with Gasteiger partial charge in [0.25, 0.3) is 0 Å². The van der Waals surface area contributed by atoms with Crippen LogP contribution >= 0.6 is 0 Å². The molecule has 1 aromatic heterocycles. The summed E-state index contributed by atoms with van der Waals surface area (Å²) in [7, 11) is 1.95. The van der Waals surface area contributed by atoms with Gasteiger partial charge in [-0.1, -0.05) is 26.2 Å². The Labute approximate surface area is 86.5 Å². The molecule has 14 heavy (non-hydrogen) atoms. The molecule has 1 N–H and O–H groups in total. The molecule has 0 unspecified atom stereocenters. The Kier molecular flexibility index (Phi) is 5.30. The third kappa shape index (κ3) is 4.42. The van der Waals surface area contributed by atoms with Crippen LogP contribution in [0.5, 0.6) is 0 Å². The summed E-state index contributed by atoms with van der Waals surface area (Å²) >= 11 is 0. The van der Waals surface area contributed by atoms with E-state index in [4.69, 9.17) is 0 Å². The zero-order valence-corrected chi connectivity index (χ0v) is 9.29. The first-order valence-corrected chi connectivity index (χ1v) is 5.51. The van der Waals surface area contributed by atoms with E-state index < -0.39 is 0 Å². The molecular formula is C11H21N3. The number of rotatable bonds is 7. The van der Waals surface area contributed by atoms with Crippen molar-refractivity contribution in [2.45, 2.75) is 39.2 Å². The van der Waals surface area contributed by atoms with Crippen LogP contribution in [0.15, 0.2) is 12.4 Å². The molecule has 0 radical (unpaired) electrons. The number of nitrogens with one attached hydrogen (secondary N) is 1. The highest BCUT2D eigenvalue weighted by atomic mass is 15.2. The highest BCUT2D eigenvalue weighted by Crippen LogP contribution is 1.98. The quantitative estimate of drug-likeness (QED) is 0.675. The largest absolute Gasteiger partial charge is 0.313 e. The first kappa shape index (κ1) is 11.2. The topological polar surface area (TPSA) is 29.9 Å². The number of hydrogen-bond acceptors (Lipinski definition) is 2. The van der Waals surface area contributed by atoms with Crippen molar-refractivity contribution in [1.29, 1.82) is 0 Å². The van der Waals surface area contributed by atoms with Gasteiger partial charge < -0.3 is 5.32 Å². The van der Waals surface area contributed by atoms with Gasteiger partial charge in [0, 0.05) is 25.4 Å². The number of aryl methyl sites for hydroxylation is 1. The van der Waals surface area contributed by atoms with Crippen LogP contribution in [0.2, 0.25) is 0 Å². The number of nitrogens with zero attached hydrogens (tertiary/aromatic N) is 2. The van der Waals surface area contributed by atoms with E-state index in [0.717, 1.165) is 13.1 Å². The molecule has 0 spiro atoms. The summed E-state index contributed by atoms with van der Waals surface area (Å²) in [5.41, 5.74) is 1.27. The molecule has 0 aliphatic rings. The van der Waals surface area contributed by atoms with Crippen LogP contribution < -0.4 is 5.32 Å². The second-order valence-electron chi connectivity index (χ2n) is 3.76. The molecule has 0 saturated carbocycles. The average Bonchev–Trinajstić information content (AvgIpc) is 2.58.